The summed E-state index contributed by atoms with van der Waals surface area (Å²) in [6.07, 6.45) is 1.10. The van der Waals surface area contributed by atoms with E-state index in [1.54, 1.807) is 11.8 Å². The minimum Gasteiger partial charge on any atom is -0.306 e. The number of thioether (sulfide) groups is 1. The summed E-state index contributed by atoms with van der Waals surface area (Å²) in [4.78, 5) is 0. The Labute approximate surface area is 97.1 Å². The van der Waals surface area contributed by atoms with Crippen LogP contribution in [-0.4, -0.2) is 20.5 Å². The average Bonchev–Trinajstić information content (AvgIpc) is 2.46. The van der Waals surface area contributed by atoms with Crippen LogP contribution in [0.3, 0.4) is 0 Å². The zero-order chi connectivity index (χ0) is 10.6. The van der Waals surface area contributed by atoms with Gasteiger partial charge in [0, 0.05) is 12.3 Å². The summed E-state index contributed by atoms with van der Waals surface area (Å²) in [5, 5.41) is 9.16. The van der Waals surface area contributed by atoms with Crippen LogP contribution >= 0.6 is 27.7 Å². The summed E-state index contributed by atoms with van der Waals surface area (Å²) >= 11 is 4.99. The van der Waals surface area contributed by atoms with Crippen LogP contribution in [0.5, 0.6) is 0 Å². The average molecular weight is 276 g/mol. The molecule has 14 heavy (non-hydrogen) atoms. The number of aryl methyl sites for hydroxylation is 1. The van der Waals surface area contributed by atoms with Crippen molar-refractivity contribution in [3.8, 4) is 0 Å². The Morgan fingerprint density at radius 2 is 2.29 bits per heavy atom. The zero-order valence-electron chi connectivity index (χ0n) is 8.46. The van der Waals surface area contributed by atoms with E-state index < -0.39 is 0 Å². The molecule has 0 N–H and O–H groups in total. The molecule has 5 heteroatoms. The lowest BCUT2D eigenvalue weighted by Gasteiger charge is -2.05. The van der Waals surface area contributed by atoms with Crippen LogP contribution in [0.2, 0.25) is 0 Å². The first-order valence-electron chi connectivity index (χ1n) is 4.51. The summed E-state index contributed by atoms with van der Waals surface area (Å²) in [5.74, 6) is 1.82. The van der Waals surface area contributed by atoms with E-state index in [0.29, 0.717) is 0 Å². The molecular weight excluding hydrogens is 262 g/mol. The SMILES string of the molecule is C=C(Br)CSc1nnc(C)n1CCC. The predicted octanol–water partition coefficient (Wildman–Crippen LogP) is 3.00. The van der Waals surface area contributed by atoms with Crippen molar-refractivity contribution in [1.82, 2.24) is 14.8 Å². The van der Waals surface area contributed by atoms with Crippen molar-refractivity contribution in [3.63, 3.8) is 0 Å². The predicted molar refractivity (Wildman–Crippen MR) is 63.8 cm³/mol. The molecule has 1 heterocycles. The van der Waals surface area contributed by atoms with Crippen LogP contribution in [-0.2, 0) is 6.54 Å². The highest BCUT2D eigenvalue weighted by atomic mass is 79.9. The highest BCUT2D eigenvalue weighted by Gasteiger charge is 2.07. The van der Waals surface area contributed by atoms with E-state index in [4.69, 9.17) is 0 Å². The summed E-state index contributed by atoms with van der Waals surface area (Å²) in [6.45, 7) is 8.91. The third-order valence-electron chi connectivity index (χ3n) is 1.71. The molecule has 0 spiro atoms. The Hall–Kier alpha value is -0.290. The Balaban J connectivity index is 2.70. The zero-order valence-corrected chi connectivity index (χ0v) is 10.9. The van der Waals surface area contributed by atoms with E-state index in [1.165, 1.54) is 0 Å². The van der Waals surface area contributed by atoms with Gasteiger partial charge in [-0.05, 0) is 17.8 Å². The van der Waals surface area contributed by atoms with Crippen LogP contribution in [0, 0.1) is 6.92 Å². The van der Waals surface area contributed by atoms with Crippen molar-refractivity contribution in [2.75, 3.05) is 5.75 Å². The molecule has 1 aromatic rings. The Bertz CT molecular complexity index is 322. The molecule has 0 fully saturated rings. The van der Waals surface area contributed by atoms with E-state index in [1.807, 2.05) is 6.92 Å². The van der Waals surface area contributed by atoms with Gasteiger partial charge in [0.2, 0.25) is 0 Å². The van der Waals surface area contributed by atoms with E-state index in [9.17, 15) is 0 Å². The maximum absolute atomic E-state index is 4.12. The second kappa shape index (κ2) is 5.56. The molecule has 1 rings (SSSR count). The Morgan fingerprint density at radius 3 is 2.86 bits per heavy atom. The second-order valence-corrected chi connectivity index (χ2v) is 5.05. The molecule has 0 bridgehead atoms. The molecule has 3 nitrogen and oxygen atoms in total. The van der Waals surface area contributed by atoms with E-state index in [-0.39, 0.29) is 0 Å². The maximum Gasteiger partial charge on any atom is 0.191 e. The van der Waals surface area contributed by atoms with Gasteiger partial charge in [-0.25, -0.2) is 0 Å². The van der Waals surface area contributed by atoms with Gasteiger partial charge in [0.05, 0.1) is 0 Å². The fourth-order valence-electron chi connectivity index (χ4n) is 1.09. The summed E-state index contributed by atoms with van der Waals surface area (Å²) < 4.78 is 3.12. The van der Waals surface area contributed by atoms with Gasteiger partial charge in [0.25, 0.3) is 0 Å². The third kappa shape index (κ3) is 3.13. The van der Waals surface area contributed by atoms with Gasteiger partial charge in [0.15, 0.2) is 5.16 Å². The van der Waals surface area contributed by atoms with E-state index in [0.717, 1.165) is 34.2 Å². The fraction of sp³-hybridized carbons (Fsp3) is 0.556. The first kappa shape index (κ1) is 11.8. The number of hydrogen-bond acceptors (Lipinski definition) is 3. The van der Waals surface area contributed by atoms with Gasteiger partial charge in [-0.15, -0.1) is 10.2 Å². The topological polar surface area (TPSA) is 30.7 Å². The number of halogens is 1. The van der Waals surface area contributed by atoms with Crippen LogP contribution in [0.4, 0.5) is 0 Å². The summed E-state index contributed by atoms with van der Waals surface area (Å²) in [5.41, 5.74) is 0. The molecule has 0 aromatic carbocycles. The van der Waals surface area contributed by atoms with Gasteiger partial charge >= 0.3 is 0 Å². The molecule has 0 aliphatic heterocycles. The van der Waals surface area contributed by atoms with Crippen LogP contribution in [0.15, 0.2) is 16.2 Å². The molecule has 0 saturated heterocycles. The summed E-state index contributed by atoms with van der Waals surface area (Å²) in [7, 11) is 0. The van der Waals surface area contributed by atoms with Crippen LogP contribution < -0.4 is 0 Å². The molecule has 0 unspecified atom stereocenters. The highest BCUT2D eigenvalue weighted by Crippen LogP contribution is 2.21. The molecule has 0 atom stereocenters. The van der Waals surface area contributed by atoms with Crippen molar-refractivity contribution < 1.29 is 0 Å². The van der Waals surface area contributed by atoms with Crippen molar-refractivity contribution in [3.05, 3.63) is 16.9 Å². The number of nitrogens with zero attached hydrogens (tertiary/aromatic N) is 3. The molecule has 0 radical (unpaired) electrons. The highest BCUT2D eigenvalue weighted by molar-refractivity contribution is 9.11. The minimum atomic E-state index is 0.835. The molecule has 78 valence electrons. The fourth-order valence-corrected chi connectivity index (χ4v) is 2.20. The molecule has 0 saturated carbocycles. The van der Waals surface area contributed by atoms with Gasteiger partial charge in [0.1, 0.15) is 5.82 Å². The van der Waals surface area contributed by atoms with E-state index >= 15 is 0 Å². The standard InChI is InChI=1S/C9H14BrN3S/c1-4-5-13-8(3)11-12-9(13)14-6-7(2)10/h2,4-6H2,1,3H3. The second-order valence-electron chi connectivity index (χ2n) is 2.99. The maximum atomic E-state index is 4.12. The number of rotatable bonds is 5. The van der Waals surface area contributed by atoms with Gasteiger partial charge in [-0.3, -0.25) is 0 Å². The smallest absolute Gasteiger partial charge is 0.191 e. The quantitative estimate of drug-likeness (QED) is 0.774. The lowest BCUT2D eigenvalue weighted by Crippen LogP contribution is -2.01. The first-order chi connectivity index (χ1) is 6.65. The van der Waals surface area contributed by atoms with Crippen molar-refractivity contribution in [2.24, 2.45) is 0 Å². The van der Waals surface area contributed by atoms with Gasteiger partial charge < -0.3 is 4.57 Å². The van der Waals surface area contributed by atoms with E-state index in [2.05, 4.69) is 44.2 Å². The molecule has 0 aliphatic rings. The molecule has 1 aromatic heterocycles. The Kier molecular flexibility index (Phi) is 4.68. The normalized spacial score (nSPS) is 10.5. The third-order valence-corrected chi connectivity index (χ3v) is 3.41. The lowest BCUT2D eigenvalue weighted by molar-refractivity contribution is 0.606. The van der Waals surface area contributed by atoms with Crippen LogP contribution in [0.25, 0.3) is 0 Å². The minimum absolute atomic E-state index is 0.835. The molecule has 0 aliphatic carbocycles. The Morgan fingerprint density at radius 1 is 1.57 bits per heavy atom. The van der Waals surface area contributed by atoms with Gasteiger partial charge in [-0.1, -0.05) is 41.2 Å². The van der Waals surface area contributed by atoms with Crippen molar-refractivity contribution in [1.29, 1.82) is 0 Å². The molecular formula is C9H14BrN3S. The monoisotopic (exact) mass is 275 g/mol. The number of hydrogen-bond donors (Lipinski definition) is 0. The number of aromatic nitrogens is 3. The summed E-state index contributed by atoms with van der Waals surface area (Å²) in [6, 6.07) is 0. The largest absolute Gasteiger partial charge is 0.306 e. The molecule has 0 amide bonds. The van der Waals surface area contributed by atoms with Crippen LogP contribution in [0.1, 0.15) is 19.2 Å². The van der Waals surface area contributed by atoms with Gasteiger partial charge in [-0.2, -0.15) is 0 Å². The lowest BCUT2D eigenvalue weighted by atomic mass is 10.5. The van der Waals surface area contributed by atoms with Crippen molar-refractivity contribution in [2.45, 2.75) is 32.0 Å². The first-order valence-corrected chi connectivity index (χ1v) is 6.29. The van der Waals surface area contributed by atoms with Crippen molar-refractivity contribution >= 4 is 27.7 Å².